The van der Waals surface area contributed by atoms with E-state index >= 15 is 0 Å². The second-order valence-corrected chi connectivity index (χ2v) is 5.51. The van der Waals surface area contributed by atoms with Crippen LogP contribution in [0.5, 0.6) is 0 Å². The van der Waals surface area contributed by atoms with Crippen molar-refractivity contribution in [1.82, 2.24) is 10.2 Å². The molecule has 0 rings (SSSR count). The van der Waals surface area contributed by atoms with Gasteiger partial charge in [0.1, 0.15) is 6.04 Å². The van der Waals surface area contributed by atoms with Crippen LogP contribution in [-0.2, 0) is 14.4 Å². The minimum Gasteiger partial charge on any atom is -0.480 e. The fraction of sp³-hybridized carbons (Fsp3) is 0.786. The van der Waals surface area contributed by atoms with Gasteiger partial charge in [-0.15, -0.1) is 0 Å². The second kappa shape index (κ2) is 8.55. The molecule has 6 heteroatoms. The number of hydrogen-bond donors (Lipinski definition) is 2. The first-order chi connectivity index (χ1) is 9.16. The van der Waals surface area contributed by atoms with Gasteiger partial charge < -0.3 is 15.3 Å². The Morgan fingerprint density at radius 1 is 1.15 bits per heavy atom. The molecule has 0 aliphatic rings. The van der Waals surface area contributed by atoms with Gasteiger partial charge in [0.2, 0.25) is 11.8 Å². The number of carboxylic acid groups (broad SMARTS) is 1. The Morgan fingerprint density at radius 2 is 1.70 bits per heavy atom. The van der Waals surface area contributed by atoms with Crippen molar-refractivity contribution in [2.75, 3.05) is 13.1 Å². The molecule has 20 heavy (non-hydrogen) atoms. The maximum atomic E-state index is 12.2. The summed E-state index contributed by atoms with van der Waals surface area (Å²) in [6.45, 7) is 9.35. The van der Waals surface area contributed by atoms with E-state index < -0.39 is 12.0 Å². The molecule has 0 heterocycles. The third kappa shape index (κ3) is 6.54. The molecule has 2 unspecified atom stereocenters. The fourth-order valence-electron chi connectivity index (χ4n) is 1.65. The maximum absolute atomic E-state index is 12.2. The van der Waals surface area contributed by atoms with Crippen LogP contribution in [0.25, 0.3) is 0 Å². The maximum Gasteiger partial charge on any atom is 0.326 e. The number of carbonyl (C=O) groups excluding carboxylic acids is 2. The van der Waals surface area contributed by atoms with Crippen LogP contribution in [0, 0.1) is 11.8 Å². The van der Waals surface area contributed by atoms with Gasteiger partial charge in [-0.3, -0.25) is 9.59 Å². The molecular weight excluding hydrogens is 260 g/mol. The quantitative estimate of drug-likeness (QED) is 0.699. The molecule has 0 aromatic heterocycles. The van der Waals surface area contributed by atoms with Gasteiger partial charge in [-0.2, -0.15) is 0 Å². The SMILES string of the molecule is CC(=O)NCCN(C(=O)CC(C)C(C)C)C(C)C(=O)O. The molecule has 0 saturated carbocycles. The van der Waals surface area contributed by atoms with Crippen molar-refractivity contribution in [2.45, 2.75) is 47.1 Å². The van der Waals surface area contributed by atoms with Crippen LogP contribution in [0.2, 0.25) is 0 Å². The smallest absolute Gasteiger partial charge is 0.326 e. The molecule has 0 aromatic carbocycles. The number of carbonyl (C=O) groups is 3. The van der Waals surface area contributed by atoms with Crippen LogP contribution in [0.15, 0.2) is 0 Å². The first kappa shape index (κ1) is 18.4. The van der Waals surface area contributed by atoms with Crippen molar-refractivity contribution in [2.24, 2.45) is 11.8 Å². The fourth-order valence-corrected chi connectivity index (χ4v) is 1.65. The van der Waals surface area contributed by atoms with Crippen LogP contribution in [0.4, 0.5) is 0 Å². The summed E-state index contributed by atoms with van der Waals surface area (Å²) in [5, 5.41) is 11.6. The van der Waals surface area contributed by atoms with Gasteiger partial charge in [0, 0.05) is 26.4 Å². The highest BCUT2D eigenvalue weighted by atomic mass is 16.4. The molecule has 2 amide bonds. The van der Waals surface area contributed by atoms with Crippen molar-refractivity contribution >= 4 is 17.8 Å². The van der Waals surface area contributed by atoms with E-state index in [1.807, 2.05) is 20.8 Å². The normalized spacial score (nSPS) is 13.7. The molecule has 0 radical (unpaired) electrons. The third-order valence-electron chi connectivity index (χ3n) is 3.51. The molecule has 116 valence electrons. The molecular formula is C14H26N2O4. The number of aliphatic carboxylic acids is 1. The van der Waals surface area contributed by atoms with Gasteiger partial charge in [0.25, 0.3) is 0 Å². The first-order valence-electron chi connectivity index (χ1n) is 6.93. The Hall–Kier alpha value is -1.59. The summed E-state index contributed by atoms with van der Waals surface area (Å²) in [5.41, 5.74) is 0. The summed E-state index contributed by atoms with van der Waals surface area (Å²) in [4.78, 5) is 35.5. The van der Waals surface area contributed by atoms with Crippen LogP contribution in [-0.4, -0.2) is 46.9 Å². The summed E-state index contributed by atoms with van der Waals surface area (Å²) in [5.74, 6) is -0.885. The van der Waals surface area contributed by atoms with E-state index in [1.165, 1.54) is 18.7 Å². The lowest BCUT2D eigenvalue weighted by molar-refractivity contribution is -0.149. The monoisotopic (exact) mass is 286 g/mol. The van der Waals surface area contributed by atoms with E-state index in [0.717, 1.165) is 0 Å². The Kier molecular flexibility index (Phi) is 7.87. The summed E-state index contributed by atoms with van der Waals surface area (Å²) < 4.78 is 0. The second-order valence-electron chi connectivity index (χ2n) is 5.51. The zero-order valence-electron chi connectivity index (χ0n) is 13.0. The minimum atomic E-state index is -1.04. The lowest BCUT2D eigenvalue weighted by Gasteiger charge is -2.28. The molecule has 0 bridgehead atoms. The molecule has 2 N–H and O–H groups in total. The number of carboxylic acids is 1. The number of nitrogens with zero attached hydrogens (tertiary/aromatic N) is 1. The van der Waals surface area contributed by atoms with E-state index in [1.54, 1.807) is 0 Å². The zero-order valence-corrected chi connectivity index (χ0v) is 13.0. The van der Waals surface area contributed by atoms with E-state index in [4.69, 9.17) is 5.11 Å². The summed E-state index contributed by atoms with van der Waals surface area (Å²) in [6, 6.07) is -0.893. The van der Waals surface area contributed by atoms with Gasteiger partial charge in [-0.1, -0.05) is 20.8 Å². The summed E-state index contributed by atoms with van der Waals surface area (Å²) in [7, 11) is 0. The van der Waals surface area contributed by atoms with Crippen LogP contribution >= 0.6 is 0 Å². The molecule has 0 aliphatic carbocycles. The Morgan fingerprint density at radius 3 is 2.10 bits per heavy atom. The number of nitrogens with one attached hydrogen (secondary N) is 1. The Labute approximate surface area is 120 Å². The van der Waals surface area contributed by atoms with E-state index in [9.17, 15) is 14.4 Å². The van der Waals surface area contributed by atoms with Crippen LogP contribution in [0.3, 0.4) is 0 Å². The predicted octanol–water partition coefficient (Wildman–Crippen LogP) is 1.11. The molecule has 0 aliphatic heterocycles. The molecule has 0 fully saturated rings. The lowest BCUT2D eigenvalue weighted by Crippen LogP contribution is -2.47. The standard InChI is InChI=1S/C14H26N2O4/c1-9(2)10(3)8-13(18)16(11(4)14(19)20)7-6-15-12(5)17/h9-11H,6-8H2,1-5H3,(H,15,17)(H,19,20). The van der Waals surface area contributed by atoms with Crippen molar-refractivity contribution in [3.63, 3.8) is 0 Å². The molecule has 6 nitrogen and oxygen atoms in total. The number of rotatable bonds is 8. The average Bonchev–Trinajstić information content (AvgIpc) is 2.32. The van der Waals surface area contributed by atoms with Crippen LogP contribution in [0.1, 0.15) is 41.0 Å². The highest BCUT2D eigenvalue weighted by molar-refractivity contribution is 5.83. The molecule has 0 saturated heterocycles. The minimum absolute atomic E-state index is 0.187. The summed E-state index contributed by atoms with van der Waals surface area (Å²) >= 11 is 0. The lowest BCUT2D eigenvalue weighted by atomic mass is 9.94. The highest BCUT2D eigenvalue weighted by Gasteiger charge is 2.26. The van der Waals surface area contributed by atoms with E-state index in [0.29, 0.717) is 12.3 Å². The predicted molar refractivity (Wildman–Crippen MR) is 76.1 cm³/mol. The van der Waals surface area contributed by atoms with E-state index in [-0.39, 0.29) is 30.8 Å². The van der Waals surface area contributed by atoms with Gasteiger partial charge in [-0.05, 0) is 18.8 Å². The van der Waals surface area contributed by atoms with Crippen molar-refractivity contribution in [1.29, 1.82) is 0 Å². The van der Waals surface area contributed by atoms with Crippen LogP contribution < -0.4 is 5.32 Å². The van der Waals surface area contributed by atoms with Gasteiger partial charge in [0.15, 0.2) is 0 Å². The summed E-state index contributed by atoms with van der Waals surface area (Å²) in [6.07, 6.45) is 0.315. The molecule has 0 spiro atoms. The van der Waals surface area contributed by atoms with Crippen molar-refractivity contribution in [3.05, 3.63) is 0 Å². The van der Waals surface area contributed by atoms with Crippen molar-refractivity contribution in [3.8, 4) is 0 Å². The average molecular weight is 286 g/mol. The third-order valence-corrected chi connectivity index (χ3v) is 3.51. The largest absolute Gasteiger partial charge is 0.480 e. The molecule has 2 atom stereocenters. The van der Waals surface area contributed by atoms with Crippen molar-refractivity contribution < 1.29 is 19.5 Å². The Bertz CT molecular complexity index is 355. The van der Waals surface area contributed by atoms with Gasteiger partial charge in [-0.25, -0.2) is 4.79 Å². The highest BCUT2D eigenvalue weighted by Crippen LogP contribution is 2.16. The Balaban J connectivity index is 4.70. The van der Waals surface area contributed by atoms with E-state index in [2.05, 4.69) is 5.32 Å². The number of amides is 2. The van der Waals surface area contributed by atoms with Gasteiger partial charge in [0.05, 0.1) is 0 Å². The number of hydrogen-bond acceptors (Lipinski definition) is 3. The zero-order chi connectivity index (χ0) is 15.9. The molecule has 0 aromatic rings. The van der Waals surface area contributed by atoms with Gasteiger partial charge >= 0.3 is 5.97 Å². The topological polar surface area (TPSA) is 86.7 Å². The first-order valence-corrected chi connectivity index (χ1v) is 6.93.